The van der Waals surface area contributed by atoms with Crippen LogP contribution in [-0.4, -0.2) is 138 Å². The number of morpholine rings is 1. The van der Waals surface area contributed by atoms with Gasteiger partial charge in [-0.2, -0.15) is 0 Å². The van der Waals surface area contributed by atoms with Crippen molar-refractivity contribution in [1.82, 2.24) is 40.1 Å². The maximum Gasteiger partial charge on any atom is 0.247 e. The number of likely N-dealkylation sites (N-methyl/N-ethyl adjacent to an activating group) is 1. The zero-order valence-electron chi connectivity index (χ0n) is 59.5. The summed E-state index contributed by atoms with van der Waals surface area (Å²) < 4.78 is 35.6. The average molecular weight is 1430 g/mol. The maximum absolute atomic E-state index is 15.1. The Hall–Kier alpha value is -12.8. The molecule has 0 aliphatic carbocycles. The minimum atomic E-state index is -0.408. The Morgan fingerprint density at radius 3 is 1.18 bits per heavy atom. The van der Waals surface area contributed by atoms with Crippen molar-refractivity contribution in [3.05, 3.63) is 256 Å². The summed E-state index contributed by atoms with van der Waals surface area (Å²) in [7, 11) is 2.14. The van der Waals surface area contributed by atoms with E-state index < -0.39 is 11.6 Å². The van der Waals surface area contributed by atoms with Crippen molar-refractivity contribution in [3.8, 4) is 33.4 Å². The molecule has 3 aromatic heterocycles. The van der Waals surface area contributed by atoms with Gasteiger partial charge in [-0.25, -0.2) is 38.7 Å². The number of carbonyl (C=O) groups excluding carboxylic acids is 3. The summed E-state index contributed by atoms with van der Waals surface area (Å²) >= 11 is 0. The van der Waals surface area contributed by atoms with Gasteiger partial charge >= 0.3 is 0 Å². The van der Waals surface area contributed by atoms with Crippen LogP contribution in [0.4, 0.5) is 77.8 Å². The Balaban J connectivity index is 0.000000142. The van der Waals surface area contributed by atoms with Crippen molar-refractivity contribution in [2.24, 2.45) is 0 Å². The third-order valence-electron chi connectivity index (χ3n) is 18.5. The smallest absolute Gasteiger partial charge is 0.247 e. The van der Waals surface area contributed by atoms with Crippen LogP contribution in [0.3, 0.4) is 0 Å². The van der Waals surface area contributed by atoms with Crippen LogP contribution in [0.1, 0.15) is 12.5 Å². The highest BCUT2D eigenvalue weighted by atomic mass is 19.1. The van der Waals surface area contributed by atoms with Crippen molar-refractivity contribution in [1.29, 1.82) is 0 Å². The van der Waals surface area contributed by atoms with Crippen molar-refractivity contribution in [3.63, 3.8) is 0 Å². The van der Waals surface area contributed by atoms with E-state index in [4.69, 9.17) is 9.72 Å². The molecule has 3 amide bonds. The minimum Gasteiger partial charge on any atom is -0.378 e. The van der Waals surface area contributed by atoms with Crippen molar-refractivity contribution >= 4 is 119 Å². The van der Waals surface area contributed by atoms with Crippen LogP contribution in [0.2, 0.25) is 0 Å². The SMILES string of the molecule is C=CC(=O)Nc1cccc(-c2c(CC)ccc3cnc(Nc4ccc(N5CCOCC5)cc4)nc23)c1.C=CC(=O)Nc1cccc(-c2c(F)ccc3cnc(Nc4ccc(N5CCN(C)CC5)cc4)nc23)c1.C=CC(=O)Nc1cccc(-c2c(F)ccc3cnc(Nc4ccc(N5CCNCC5)cc4)nc23)c1. The van der Waals surface area contributed by atoms with Crippen LogP contribution in [0.25, 0.3) is 66.1 Å². The summed E-state index contributed by atoms with van der Waals surface area (Å²) in [5, 5.41) is 23.8. The number of rotatable bonds is 19. The summed E-state index contributed by atoms with van der Waals surface area (Å²) in [4.78, 5) is 72.2. The normalized spacial score (nSPS) is 13.6. The Labute approximate surface area is 619 Å². The van der Waals surface area contributed by atoms with Crippen LogP contribution in [0.5, 0.6) is 0 Å². The number of nitrogens with one attached hydrogen (secondary N) is 7. The van der Waals surface area contributed by atoms with Crippen molar-refractivity contribution in [2.45, 2.75) is 13.3 Å². The van der Waals surface area contributed by atoms with Gasteiger partial charge in [-0.15, -0.1) is 0 Å². The highest BCUT2D eigenvalue weighted by Gasteiger charge is 2.21. The third kappa shape index (κ3) is 18.0. The monoisotopic (exact) mass is 1430 g/mol. The molecule has 107 heavy (non-hydrogen) atoms. The molecule has 3 saturated heterocycles. The van der Waals surface area contributed by atoms with Crippen LogP contribution in [0.15, 0.2) is 239 Å². The van der Waals surface area contributed by atoms with Crippen LogP contribution in [-0.2, 0) is 25.5 Å². The van der Waals surface area contributed by atoms with E-state index in [1.165, 1.54) is 53.0 Å². The number of amides is 3. The first-order valence-electron chi connectivity index (χ1n) is 35.4. The molecular weight excluding hydrogens is 1350 g/mol. The number of carbonyl (C=O) groups is 3. The number of aryl methyl sites for hydroxylation is 1. The molecule has 21 nitrogen and oxygen atoms in total. The van der Waals surface area contributed by atoms with E-state index in [-0.39, 0.29) is 17.7 Å². The molecule has 12 aromatic rings. The second-order valence-electron chi connectivity index (χ2n) is 25.7. The number of fused-ring (bicyclic) bond motifs is 3. The number of anilines is 12. The number of piperazine rings is 2. The standard InChI is InChI=1S/C29H29N5O2.C28H27FN6O.C27H25FN6O/c1-3-20-8-9-22-19-30-29(32-23-10-12-25(13-11-23)34-14-16-36-17-15-34)33-28(22)27(20)21-6-5-7-24(18-21)31-26(35)4-2;1-3-25(36)31-22-6-4-5-19(17-22)26-24(29)12-7-20-18-30-28(33-27(20)26)32-21-8-10-23(11-9-21)35-15-13-34(2)14-16-35;1-2-24(35)31-21-5-3-4-18(16-21)25-23(28)11-6-19-17-30-27(33-26(19)25)32-20-7-9-22(10-8-20)34-14-12-29-13-15-34/h4-13,18-19H,2-3,14-17H2,1H3,(H,31,35)(H,30,32,33);3-12,17-18H,1,13-16H2,2H3,(H,31,36)(H,30,32,33);2-11,16-17,29H,1,12-15H2,(H,31,35)(H,30,32,33). The molecule has 0 bridgehead atoms. The minimum absolute atomic E-state index is 0.241. The Morgan fingerprint density at radius 1 is 0.439 bits per heavy atom. The first kappa shape index (κ1) is 72.5. The number of hydrogen-bond donors (Lipinski definition) is 7. The number of ether oxygens (including phenoxy) is 1. The van der Waals surface area contributed by atoms with E-state index in [1.54, 1.807) is 73.1 Å². The average Bonchev–Trinajstić information content (AvgIpc) is 0.789. The zero-order chi connectivity index (χ0) is 74.2. The lowest BCUT2D eigenvalue weighted by molar-refractivity contribution is -0.112. The molecule has 7 N–H and O–H groups in total. The number of aromatic nitrogens is 6. The molecule has 0 unspecified atom stereocenters. The van der Waals surface area contributed by atoms with Gasteiger partial charge < -0.3 is 61.6 Å². The molecule has 3 fully saturated rings. The molecule has 540 valence electrons. The zero-order valence-corrected chi connectivity index (χ0v) is 59.5. The molecule has 15 rings (SSSR count). The van der Waals surface area contributed by atoms with E-state index >= 15 is 8.78 Å². The van der Waals surface area contributed by atoms with E-state index in [0.717, 1.165) is 124 Å². The molecule has 0 saturated carbocycles. The second-order valence-corrected chi connectivity index (χ2v) is 25.7. The number of halogens is 2. The van der Waals surface area contributed by atoms with E-state index in [2.05, 4.69) is 164 Å². The fourth-order valence-electron chi connectivity index (χ4n) is 12.9. The fraction of sp³-hybridized carbons (Fsp3) is 0.179. The van der Waals surface area contributed by atoms with Gasteiger partial charge in [-0.3, -0.25) is 14.4 Å². The van der Waals surface area contributed by atoms with Gasteiger partial charge in [-0.1, -0.05) is 75.2 Å². The first-order valence-corrected chi connectivity index (χ1v) is 35.4. The van der Waals surface area contributed by atoms with Gasteiger partial charge in [0.2, 0.25) is 35.6 Å². The molecule has 9 aromatic carbocycles. The predicted molar refractivity (Wildman–Crippen MR) is 428 cm³/mol. The van der Waals surface area contributed by atoms with Crippen molar-refractivity contribution in [2.75, 3.05) is 132 Å². The van der Waals surface area contributed by atoms with Crippen LogP contribution < -0.4 is 51.9 Å². The second kappa shape index (κ2) is 34.2. The first-order chi connectivity index (χ1) is 52.2. The molecule has 3 aliphatic heterocycles. The number of benzene rings is 9. The van der Waals surface area contributed by atoms with Gasteiger partial charge in [0, 0.05) is 168 Å². The molecule has 0 spiro atoms. The quantitative estimate of drug-likeness (QED) is 0.0373. The van der Waals surface area contributed by atoms with Crippen LogP contribution in [0, 0.1) is 11.6 Å². The molecule has 23 heteroatoms. The Bertz CT molecular complexity index is 5220. The van der Waals surface area contributed by atoms with E-state index in [1.807, 2.05) is 66.9 Å². The molecule has 3 aliphatic rings. The summed E-state index contributed by atoms with van der Waals surface area (Å²) in [6.45, 7) is 23.9. The molecule has 0 radical (unpaired) electrons. The lowest BCUT2D eigenvalue weighted by Crippen LogP contribution is -2.44. The lowest BCUT2D eigenvalue weighted by Gasteiger charge is -2.34. The summed E-state index contributed by atoms with van der Waals surface area (Å²) in [5.41, 5.74) is 14.9. The largest absolute Gasteiger partial charge is 0.378 e. The highest BCUT2D eigenvalue weighted by Crippen LogP contribution is 2.37. The van der Waals surface area contributed by atoms with Gasteiger partial charge in [0.15, 0.2) is 0 Å². The Kier molecular flexibility index (Phi) is 23.2. The third-order valence-corrected chi connectivity index (χ3v) is 18.5. The Morgan fingerprint density at radius 2 is 0.794 bits per heavy atom. The molecular formula is C84H81F2N17O4. The molecule has 6 heterocycles. The van der Waals surface area contributed by atoms with Crippen molar-refractivity contribution < 1.29 is 27.9 Å². The topological polar surface area (TPSA) is 235 Å². The highest BCUT2D eigenvalue weighted by molar-refractivity contribution is 6.03. The number of hydrogen-bond acceptors (Lipinski definition) is 18. The number of nitrogens with zero attached hydrogens (tertiary/aromatic N) is 10. The molecule has 0 atom stereocenters. The van der Waals surface area contributed by atoms with Gasteiger partial charge in [0.05, 0.1) is 29.8 Å². The van der Waals surface area contributed by atoms with Crippen LogP contribution >= 0.6 is 0 Å². The summed E-state index contributed by atoms with van der Waals surface area (Å²) in [6.07, 6.45) is 9.69. The summed E-state index contributed by atoms with van der Waals surface area (Å²) in [5.74, 6) is -0.449. The lowest BCUT2D eigenvalue weighted by atomic mass is 9.95. The fourth-order valence-corrected chi connectivity index (χ4v) is 12.9. The van der Waals surface area contributed by atoms with E-state index in [0.29, 0.717) is 79.0 Å². The van der Waals surface area contributed by atoms with E-state index in [9.17, 15) is 14.4 Å². The maximum atomic E-state index is 15.1. The summed E-state index contributed by atoms with van der Waals surface area (Å²) in [6, 6.07) is 56.7. The van der Waals surface area contributed by atoms with Gasteiger partial charge in [-0.05, 0) is 187 Å². The van der Waals surface area contributed by atoms with Gasteiger partial charge in [0.25, 0.3) is 0 Å². The van der Waals surface area contributed by atoms with Gasteiger partial charge in [0.1, 0.15) is 11.6 Å². The predicted octanol–water partition coefficient (Wildman–Crippen LogP) is 15.3.